The van der Waals surface area contributed by atoms with Crippen molar-refractivity contribution in [3.63, 3.8) is 0 Å². The Bertz CT molecular complexity index is 245. The predicted octanol–water partition coefficient (Wildman–Crippen LogP) is 0.363. The number of aliphatic carboxylic acids is 1. The van der Waals surface area contributed by atoms with E-state index in [-0.39, 0.29) is 12.0 Å². The molecule has 0 saturated heterocycles. The minimum absolute atomic E-state index is 0.150. The molecule has 0 heterocycles. The summed E-state index contributed by atoms with van der Waals surface area (Å²) in [5.41, 5.74) is 1.99. The molecule has 0 aliphatic rings. The maximum atomic E-state index is 11.3. The van der Waals surface area contributed by atoms with Crippen LogP contribution in [0, 0.1) is 5.92 Å². The van der Waals surface area contributed by atoms with Crippen molar-refractivity contribution in [3.05, 3.63) is 0 Å². The summed E-state index contributed by atoms with van der Waals surface area (Å²) in [6.07, 6.45) is 0. The van der Waals surface area contributed by atoms with E-state index in [2.05, 4.69) is 10.2 Å². The van der Waals surface area contributed by atoms with E-state index in [1.54, 1.807) is 0 Å². The first-order valence-electron chi connectivity index (χ1n) is 5.45. The maximum absolute atomic E-state index is 11.3. The average molecular weight is 248 g/mol. The lowest BCUT2D eigenvalue weighted by atomic mass is 10.1. The second kappa shape index (κ2) is 8.77. The summed E-state index contributed by atoms with van der Waals surface area (Å²) in [6.45, 7) is 6.16. The Hall–Kier alpha value is -1.34. The highest BCUT2D eigenvalue weighted by Gasteiger charge is 2.16. The third-order valence-corrected chi connectivity index (χ3v) is 1.98. The molecule has 1 atom stereocenters. The summed E-state index contributed by atoms with van der Waals surface area (Å²) < 4.78 is 5.22. The standard InChI is InChI=1S/C10H20N2O5/c1-4-16-5-8(7(2)3)11-10(15)12-17-6-9(13)14/h7-8H,4-6H2,1-3H3,(H,13,14)(H2,11,12,15). The van der Waals surface area contributed by atoms with Gasteiger partial charge in [0.2, 0.25) is 0 Å². The number of carboxylic acid groups (broad SMARTS) is 1. The van der Waals surface area contributed by atoms with Gasteiger partial charge in [-0.25, -0.2) is 15.1 Å². The van der Waals surface area contributed by atoms with Crippen LogP contribution in [-0.2, 0) is 14.4 Å². The largest absolute Gasteiger partial charge is 0.479 e. The van der Waals surface area contributed by atoms with Gasteiger partial charge < -0.3 is 15.2 Å². The van der Waals surface area contributed by atoms with Crippen molar-refractivity contribution in [3.8, 4) is 0 Å². The molecule has 7 nitrogen and oxygen atoms in total. The van der Waals surface area contributed by atoms with E-state index in [0.29, 0.717) is 13.2 Å². The molecule has 0 spiro atoms. The number of carboxylic acids is 1. The van der Waals surface area contributed by atoms with E-state index in [9.17, 15) is 9.59 Å². The highest BCUT2D eigenvalue weighted by Crippen LogP contribution is 2.01. The molecule has 0 aliphatic heterocycles. The Morgan fingerprint density at radius 1 is 1.35 bits per heavy atom. The summed E-state index contributed by atoms with van der Waals surface area (Å²) in [7, 11) is 0. The number of hydroxylamine groups is 1. The Morgan fingerprint density at radius 3 is 2.47 bits per heavy atom. The SMILES string of the molecule is CCOCC(NC(=O)NOCC(=O)O)C(C)C. The molecule has 0 rings (SSSR count). The van der Waals surface area contributed by atoms with Gasteiger partial charge >= 0.3 is 12.0 Å². The smallest absolute Gasteiger partial charge is 0.339 e. The van der Waals surface area contributed by atoms with E-state index in [0.717, 1.165) is 0 Å². The molecule has 0 saturated carbocycles. The Balaban J connectivity index is 3.90. The lowest BCUT2D eigenvalue weighted by Crippen LogP contribution is -2.47. The van der Waals surface area contributed by atoms with Gasteiger partial charge in [-0.1, -0.05) is 13.8 Å². The normalized spacial score (nSPS) is 12.2. The monoisotopic (exact) mass is 248 g/mol. The molecular formula is C10H20N2O5. The maximum Gasteiger partial charge on any atom is 0.339 e. The van der Waals surface area contributed by atoms with Crippen molar-refractivity contribution < 1.29 is 24.3 Å². The van der Waals surface area contributed by atoms with Gasteiger partial charge in [0, 0.05) is 6.61 Å². The summed E-state index contributed by atoms with van der Waals surface area (Å²) in [5, 5.41) is 10.9. The summed E-state index contributed by atoms with van der Waals surface area (Å²) in [6, 6.07) is -0.729. The first-order valence-corrected chi connectivity index (χ1v) is 5.45. The van der Waals surface area contributed by atoms with Crippen LogP contribution in [0.3, 0.4) is 0 Å². The predicted molar refractivity (Wildman–Crippen MR) is 60.4 cm³/mol. The number of hydrogen-bond acceptors (Lipinski definition) is 4. The Morgan fingerprint density at radius 2 is 2.00 bits per heavy atom. The molecule has 0 fully saturated rings. The third kappa shape index (κ3) is 8.47. The van der Waals surface area contributed by atoms with Crippen LogP contribution in [0.4, 0.5) is 4.79 Å². The number of hydrogen-bond donors (Lipinski definition) is 3. The minimum atomic E-state index is -1.15. The number of nitrogens with one attached hydrogen (secondary N) is 2. The number of carbonyl (C=O) groups is 2. The zero-order chi connectivity index (χ0) is 13.3. The van der Waals surface area contributed by atoms with Gasteiger partial charge in [-0.2, -0.15) is 0 Å². The summed E-state index contributed by atoms with van der Waals surface area (Å²) >= 11 is 0. The molecule has 7 heteroatoms. The van der Waals surface area contributed by atoms with Gasteiger partial charge in [0.15, 0.2) is 6.61 Å². The Labute approximate surface area is 100 Å². The first kappa shape index (κ1) is 15.7. The van der Waals surface area contributed by atoms with E-state index in [1.807, 2.05) is 26.3 Å². The van der Waals surface area contributed by atoms with Crippen molar-refractivity contribution in [2.45, 2.75) is 26.8 Å². The molecule has 2 amide bonds. The summed E-state index contributed by atoms with van der Waals surface area (Å²) in [4.78, 5) is 25.9. The van der Waals surface area contributed by atoms with E-state index < -0.39 is 18.6 Å². The highest BCUT2D eigenvalue weighted by molar-refractivity contribution is 5.73. The highest BCUT2D eigenvalue weighted by atomic mass is 16.7. The van der Waals surface area contributed by atoms with Gasteiger partial charge in [0.05, 0.1) is 12.6 Å². The van der Waals surface area contributed by atoms with Crippen LogP contribution in [0.2, 0.25) is 0 Å². The molecular weight excluding hydrogens is 228 g/mol. The van der Waals surface area contributed by atoms with E-state index in [4.69, 9.17) is 9.84 Å². The summed E-state index contributed by atoms with van der Waals surface area (Å²) in [5.74, 6) is -0.952. The van der Waals surface area contributed by atoms with Crippen molar-refractivity contribution in [1.29, 1.82) is 0 Å². The number of carbonyl (C=O) groups excluding carboxylic acids is 1. The van der Waals surface area contributed by atoms with Gasteiger partial charge in [-0.15, -0.1) is 0 Å². The zero-order valence-corrected chi connectivity index (χ0v) is 10.4. The number of amides is 2. The quantitative estimate of drug-likeness (QED) is 0.539. The first-order chi connectivity index (χ1) is 7.97. The number of rotatable bonds is 8. The molecule has 0 aromatic carbocycles. The molecule has 17 heavy (non-hydrogen) atoms. The third-order valence-electron chi connectivity index (χ3n) is 1.98. The molecule has 1 unspecified atom stereocenters. The van der Waals surface area contributed by atoms with Gasteiger partial charge in [-0.05, 0) is 12.8 Å². The van der Waals surface area contributed by atoms with Gasteiger partial charge in [0.25, 0.3) is 0 Å². The van der Waals surface area contributed by atoms with Crippen LogP contribution in [0.25, 0.3) is 0 Å². The van der Waals surface area contributed by atoms with E-state index >= 15 is 0 Å². The molecule has 0 aromatic heterocycles. The van der Waals surface area contributed by atoms with E-state index in [1.165, 1.54) is 0 Å². The second-order valence-electron chi connectivity index (χ2n) is 3.77. The number of ether oxygens (including phenoxy) is 1. The van der Waals surface area contributed by atoms with Gasteiger partial charge in [-0.3, -0.25) is 4.84 Å². The molecule has 3 N–H and O–H groups in total. The van der Waals surface area contributed by atoms with Crippen LogP contribution in [0.5, 0.6) is 0 Å². The lowest BCUT2D eigenvalue weighted by Gasteiger charge is -2.21. The molecule has 0 radical (unpaired) electrons. The van der Waals surface area contributed by atoms with Gasteiger partial charge in [0.1, 0.15) is 0 Å². The zero-order valence-electron chi connectivity index (χ0n) is 10.4. The van der Waals surface area contributed by atoms with Crippen molar-refractivity contribution in [2.75, 3.05) is 19.8 Å². The van der Waals surface area contributed by atoms with Crippen LogP contribution in [0.1, 0.15) is 20.8 Å². The van der Waals surface area contributed by atoms with Crippen LogP contribution in [0.15, 0.2) is 0 Å². The van der Waals surface area contributed by atoms with Crippen LogP contribution >= 0.6 is 0 Å². The molecule has 0 bridgehead atoms. The van der Waals surface area contributed by atoms with Crippen LogP contribution < -0.4 is 10.8 Å². The van der Waals surface area contributed by atoms with Crippen molar-refractivity contribution in [2.24, 2.45) is 5.92 Å². The average Bonchev–Trinajstić information content (AvgIpc) is 2.23. The fraction of sp³-hybridized carbons (Fsp3) is 0.800. The van der Waals surface area contributed by atoms with Crippen molar-refractivity contribution >= 4 is 12.0 Å². The topological polar surface area (TPSA) is 96.9 Å². The van der Waals surface area contributed by atoms with Crippen molar-refractivity contribution in [1.82, 2.24) is 10.8 Å². The van der Waals surface area contributed by atoms with Crippen LogP contribution in [-0.4, -0.2) is 43.0 Å². The fourth-order valence-electron chi connectivity index (χ4n) is 1.01. The molecule has 0 aromatic rings. The number of urea groups is 1. The Kier molecular flexibility index (Phi) is 8.08. The fourth-order valence-corrected chi connectivity index (χ4v) is 1.01. The molecule has 0 aliphatic carbocycles. The minimum Gasteiger partial charge on any atom is -0.479 e. The molecule has 100 valence electrons. The second-order valence-corrected chi connectivity index (χ2v) is 3.77. The lowest BCUT2D eigenvalue weighted by molar-refractivity contribution is -0.144.